The second kappa shape index (κ2) is 5.99. The fraction of sp³-hybridized carbons (Fsp3) is 0.857. The number of hydrogen-bond acceptors (Lipinski definition) is 3. The second-order valence-electron chi connectivity index (χ2n) is 5.96. The van der Waals surface area contributed by atoms with Gasteiger partial charge in [0.25, 0.3) is 0 Å². The molecule has 2 amide bonds. The Bertz CT molecular complexity index is 387. The monoisotopic (exact) mass is 284 g/mol. The topological polar surface area (TPSA) is 78.9 Å². The number of carboxylic acids is 1. The molecule has 0 spiro atoms. The Balaban J connectivity index is 1.95. The summed E-state index contributed by atoms with van der Waals surface area (Å²) >= 11 is 0. The van der Waals surface area contributed by atoms with Gasteiger partial charge >= 0.3 is 12.0 Å². The summed E-state index contributed by atoms with van der Waals surface area (Å²) in [5, 5.41) is 12.3. The van der Waals surface area contributed by atoms with Gasteiger partial charge in [-0.1, -0.05) is 13.3 Å². The third-order valence-electron chi connectivity index (χ3n) is 4.63. The Hall–Kier alpha value is -1.30. The molecular weight excluding hydrogens is 260 g/mol. The van der Waals surface area contributed by atoms with Crippen molar-refractivity contribution >= 4 is 12.0 Å². The summed E-state index contributed by atoms with van der Waals surface area (Å²) in [4.78, 5) is 25.4. The number of nitrogens with zero attached hydrogens (tertiary/aromatic N) is 1. The Morgan fingerprint density at radius 1 is 1.50 bits per heavy atom. The third kappa shape index (κ3) is 2.90. The molecule has 0 aromatic carbocycles. The predicted molar refractivity (Wildman–Crippen MR) is 73.5 cm³/mol. The van der Waals surface area contributed by atoms with Crippen LogP contribution in [-0.2, 0) is 9.53 Å². The molecule has 1 aliphatic heterocycles. The van der Waals surface area contributed by atoms with Crippen molar-refractivity contribution in [2.75, 3.05) is 19.7 Å². The number of carboxylic acid groups (broad SMARTS) is 1. The van der Waals surface area contributed by atoms with Gasteiger partial charge in [0, 0.05) is 19.1 Å². The van der Waals surface area contributed by atoms with Crippen LogP contribution in [0, 0.1) is 5.41 Å². The summed E-state index contributed by atoms with van der Waals surface area (Å²) in [6.45, 7) is 5.45. The van der Waals surface area contributed by atoms with Gasteiger partial charge in [-0.25, -0.2) is 4.79 Å². The van der Waals surface area contributed by atoms with E-state index in [4.69, 9.17) is 4.74 Å². The highest BCUT2D eigenvalue weighted by Crippen LogP contribution is 2.38. The average Bonchev–Trinajstić information content (AvgIpc) is 2.81. The summed E-state index contributed by atoms with van der Waals surface area (Å²) in [5.74, 6) is -0.825. The van der Waals surface area contributed by atoms with Gasteiger partial charge in [-0.05, 0) is 26.2 Å². The highest BCUT2D eigenvalue weighted by atomic mass is 16.5. The fourth-order valence-corrected chi connectivity index (χ4v) is 3.04. The van der Waals surface area contributed by atoms with E-state index in [1.54, 1.807) is 11.8 Å². The summed E-state index contributed by atoms with van der Waals surface area (Å²) in [6, 6.07) is -0.443. The predicted octanol–water partition coefficient (Wildman–Crippen LogP) is 1.45. The maximum absolute atomic E-state index is 12.3. The van der Waals surface area contributed by atoms with Crippen LogP contribution >= 0.6 is 0 Å². The molecule has 6 heteroatoms. The van der Waals surface area contributed by atoms with Crippen LogP contribution in [0.25, 0.3) is 0 Å². The quantitative estimate of drug-likeness (QED) is 0.822. The van der Waals surface area contributed by atoms with Crippen molar-refractivity contribution in [2.45, 2.75) is 51.7 Å². The number of aliphatic carboxylic acids is 1. The molecule has 3 unspecified atom stereocenters. The van der Waals surface area contributed by atoms with E-state index in [0.29, 0.717) is 26.1 Å². The minimum Gasteiger partial charge on any atom is -0.481 e. The summed E-state index contributed by atoms with van der Waals surface area (Å²) in [7, 11) is 0. The number of amides is 2. The molecule has 1 saturated heterocycles. The standard InChI is InChI=1S/C14H24N2O4/c1-3-10-9-16(7-8-20-10)13(19)15-11-5-4-6-14(11,2)12(17)18/h10-11H,3-9H2,1-2H3,(H,15,19)(H,17,18). The van der Waals surface area contributed by atoms with Gasteiger partial charge in [-0.2, -0.15) is 0 Å². The van der Waals surface area contributed by atoms with E-state index >= 15 is 0 Å². The smallest absolute Gasteiger partial charge is 0.317 e. The third-order valence-corrected chi connectivity index (χ3v) is 4.63. The lowest BCUT2D eigenvalue weighted by Gasteiger charge is -2.35. The maximum atomic E-state index is 12.3. The molecule has 2 fully saturated rings. The summed E-state index contributed by atoms with van der Waals surface area (Å²) < 4.78 is 5.54. The van der Waals surface area contributed by atoms with Gasteiger partial charge in [-0.3, -0.25) is 4.79 Å². The summed E-state index contributed by atoms with van der Waals surface area (Å²) in [6.07, 6.45) is 3.15. The van der Waals surface area contributed by atoms with E-state index in [9.17, 15) is 14.7 Å². The van der Waals surface area contributed by atoms with Crippen LogP contribution in [0.5, 0.6) is 0 Å². The van der Waals surface area contributed by atoms with E-state index in [1.165, 1.54) is 0 Å². The SMILES string of the molecule is CCC1CN(C(=O)NC2CCCC2(C)C(=O)O)CCO1. The number of urea groups is 1. The second-order valence-corrected chi connectivity index (χ2v) is 5.96. The van der Waals surface area contributed by atoms with E-state index < -0.39 is 11.4 Å². The van der Waals surface area contributed by atoms with Crippen molar-refractivity contribution in [1.82, 2.24) is 10.2 Å². The van der Waals surface area contributed by atoms with Crippen molar-refractivity contribution in [3.8, 4) is 0 Å². The van der Waals surface area contributed by atoms with Crippen LogP contribution in [0.2, 0.25) is 0 Å². The number of morpholine rings is 1. The van der Waals surface area contributed by atoms with Crippen LogP contribution in [-0.4, -0.2) is 53.8 Å². The Morgan fingerprint density at radius 2 is 2.25 bits per heavy atom. The molecule has 2 N–H and O–H groups in total. The average molecular weight is 284 g/mol. The lowest BCUT2D eigenvalue weighted by atomic mass is 9.85. The zero-order valence-corrected chi connectivity index (χ0v) is 12.2. The molecule has 1 aliphatic carbocycles. The van der Waals surface area contributed by atoms with Gasteiger partial charge in [0.15, 0.2) is 0 Å². The molecule has 1 heterocycles. The van der Waals surface area contributed by atoms with E-state index in [2.05, 4.69) is 5.32 Å². The zero-order valence-electron chi connectivity index (χ0n) is 12.2. The van der Waals surface area contributed by atoms with Crippen molar-refractivity contribution in [2.24, 2.45) is 5.41 Å². The number of hydrogen-bond donors (Lipinski definition) is 2. The van der Waals surface area contributed by atoms with Crippen LogP contribution in [0.4, 0.5) is 4.79 Å². The summed E-state index contributed by atoms with van der Waals surface area (Å²) in [5.41, 5.74) is -0.841. The minimum absolute atomic E-state index is 0.0870. The van der Waals surface area contributed by atoms with Gasteiger partial charge in [0.2, 0.25) is 0 Å². The highest BCUT2D eigenvalue weighted by molar-refractivity contribution is 5.79. The first-order chi connectivity index (χ1) is 9.47. The first-order valence-electron chi connectivity index (χ1n) is 7.38. The molecule has 2 rings (SSSR count). The van der Waals surface area contributed by atoms with E-state index in [0.717, 1.165) is 19.3 Å². The van der Waals surface area contributed by atoms with Crippen LogP contribution in [0.15, 0.2) is 0 Å². The van der Waals surface area contributed by atoms with Crippen molar-refractivity contribution in [3.63, 3.8) is 0 Å². The fourth-order valence-electron chi connectivity index (χ4n) is 3.04. The van der Waals surface area contributed by atoms with E-state index in [1.807, 2.05) is 6.92 Å². The largest absolute Gasteiger partial charge is 0.481 e. The van der Waals surface area contributed by atoms with Crippen LogP contribution in [0.3, 0.4) is 0 Å². The van der Waals surface area contributed by atoms with Gasteiger partial charge < -0.3 is 20.1 Å². The van der Waals surface area contributed by atoms with Crippen molar-refractivity contribution < 1.29 is 19.4 Å². The van der Waals surface area contributed by atoms with Gasteiger partial charge in [0.1, 0.15) is 0 Å². The molecular formula is C14H24N2O4. The Kier molecular flexibility index (Phi) is 4.52. The highest BCUT2D eigenvalue weighted by Gasteiger charge is 2.46. The van der Waals surface area contributed by atoms with Crippen molar-refractivity contribution in [3.05, 3.63) is 0 Å². The lowest BCUT2D eigenvalue weighted by Crippen LogP contribution is -2.55. The molecule has 0 radical (unpaired) electrons. The molecule has 3 atom stereocenters. The lowest BCUT2D eigenvalue weighted by molar-refractivity contribution is -0.148. The number of carbonyl (C=O) groups excluding carboxylic acids is 1. The Labute approximate surface area is 119 Å². The van der Waals surface area contributed by atoms with Gasteiger partial charge in [0.05, 0.1) is 18.1 Å². The van der Waals surface area contributed by atoms with Crippen LogP contribution in [0.1, 0.15) is 39.5 Å². The Morgan fingerprint density at radius 3 is 2.90 bits per heavy atom. The minimum atomic E-state index is -0.841. The molecule has 0 bridgehead atoms. The molecule has 114 valence electrons. The number of ether oxygens (including phenoxy) is 1. The first-order valence-corrected chi connectivity index (χ1v) is 7.38. The molecule has 1 saturated carbocycles. The number of carbonyl (C=O) groups is 2. The van der Waals surface area contributed by atoms with Gasteiger partial charge in [-0.15, -0.1) is 0 Å². The molecule has 20 heavy (non-hydrogen) atoms. The first kappa shape index (κ1) is 15.1. The molecule has 0 aromatic rings. The van der Waals surface area contributed by atoms with Crippen molar-refractivity contribution in [1.29, 1.82) is 0 Å². The molecule has 2 aliphatic rings. The van der Waals surface area contributed by atoms with E-state index in [-0.39, 0.29) is 18.2 Å². The van der Waals surface area contributed by atoms with Crippen LogP contribution < -0.4 is 5.32 Å². The molecule has 6 nitrogen and oxygen atoms in total. The normalized spacial score (nSPS) is 34.0. The number of rotatable bonds is 3. The zero-order chi connectivity index (χ0) is 14.8. The maximum Gasteiger partial charge on any atom is 0.317 e. The molecule has 0 aromatic heterocycles. The number of nitrogens with one attached hydrogen (secondary N) is 1.